The molecule has 12 rings (SSSR count). The van der Waals surface area contributed by atoms with Gasteiger partial charge in [-0.15, -0.1) is 0 Å². The molecule has 0 spiro atoms. The fraction of sp³-hybridized carbons (Fsp3) is 0. The summed E-state index contributed by atoms with van der Waals surface area (Å²) < 4.78 is 2.45. The number of nitrogens with zero attached hydrogens (tertiary/aromatic N) is 2. The Labute approximate surface area is 385 Å². The lowest BCUT2D eigenvalue weighted by molar-refractivity contribution is 1.18. The predicted molar refractivity (Wildman–Crippen MR) is 280 cm³/mol. The molecule has 310 valence electrons. The number of hydrogen-bond donors (Lipinski definition) is 0. The summed E-state index contributed by atoms with van der Waals surface area (Å²) in [6, 6.07) is 96.8. The predicted octanol–water partition coefficient (Wildman–Crippen LogP) is 17.7. The minimum Gasteiger partial charge on any atom is -0.310 e. The first-order valence-electron chi connectivity index (χ1n) is 22.7. The van der Waals surface area contributed by atoms with E-state index in [0.29, 0.717) is 0 Å². The summed E-state index contributed by atoms with van der Waals surface area (Å²) in [6.07, 6.45) is 0. The molecule has 0 bridgehead atoms. The third-order valence-electron chi connectivity index (χ3n) is 13.0. The van der Waals surface area contributed by atoms with E-state index >= 15 is 0 Å². The fourth-order valence-electron chi connectivity index (χ4n) is 9.85. The summed E-state index contributed by atoms with van der Waals surface area (Å²) in [5.74, 6) is 0. The molecule has 0 aliphatic heterocycles. The van der Waals surface area contributed by atoms with E-state index < -0.39 is 0 Å². The topological polar surface area (TPSA) is 8.17 Å². The maximum Gasteiger partial charge on any atom is 0.0625 e. The first-order chi connectivity index (χ1) is 32.7. The van der Waals surface area contributed by atoms with E-state index in [1.54, 1.807) is 0 Å². The highest BCUT2D eigenvalue weighted by Gasteiger charge is 2.21. The smallest absolute Gasteiger partial charge is 0.0625 e. The zero-order valence-corrected chi connectivity index (χ0v) is 36.3. The highest BCUT2D eigenvalue weighted by molar-refractivity contribution is 6.19. The largest absolute Gasteiger partial charge is 0.310 e. The molecule has 12 aromatic rings. The number of para-hydroxylation sites is 2. The summed E-state index contributed by atoms with van der Waals surface area (Å²) in [5, 5.41) is 4.96. The molecule has 11 aromatic carbocycles. The van der Waals surface area contributed by atoms with Crippen molar-refractivity contribution in [2.24, 2.45) is 0 Å². The van der Waals surface area contributed by atoms with Gasteiger partial charge in [-0.2, -0.15) is 0 Å². The molecular formula is C64H44N2. The van der Waals surface area contributed by atoms with Crippen molar-refractivity contribution in [1.82, 2.24) is 4.57 Å². The number of anilines is 3. The first kappa shape index (κ1) is 38.9. The Balaban J connectivity index is 1.00. The van der Waals surface area contributed by atoms with Gasteiger partial charge in [-0.1, -0.05) is 212 Å². The highest BCUT2D eigenvalue weighted by atomic mass is 15.1. The number of benzene rings is 11. The van der Waals surface area contributed by atoms with Gasteiger partial charge in [0, 0.05) is 39.1 Å². The Morgan fingerprint density at radius 3 is 1.42 bits per heavy atom. The standard InChI is InChI=1S/C64H44N2/c1-4-16-45(17-5-1)46-30-32-47(33-31-46)48-34-38-54(39-35-48)65(55-40-36-51(37-41-55)58-28-15-21-49-20-10-11-26-57(49)58)56-25-14-22-52(44-56)59-42-43-60(50-18-6-2-7-19-50)64-63(59)61-27-12-13-29-62(61)66(64)53-23-8-3-9-24-53/h1-44H. The average Bonchev–Trinajstić information content (AvgIpc) is 3.75. The van der Waals surface area contributed by atoms with Crippen LogP contribution in [0.5, 0.6) is 0 Å². The Hall–Kier alpha value is -8.72. The van der Waals surface area contributed by atoms with Crippen molar-refractivity contribution in [2.75, 3.05) is 4.90 Å². The maximum absolute atomic E-state index is 2.45. The molecule has 0 unspecified atom stereocenters. The van der Waals surface area contributed by atoms with E-state index in [4.69, 9.17) is 0 Å². The molecule has 2 nitrogen and oxygen atoms in total. The molecule has 1 heterocycles. The maximum atomic E-state index is 2.45. The Morgan fingerprint density at radius 1 is 0.273 bits per heavy atom. The summed E-state index contributed by atoms with van der Waals surface area (Å²) in [7, 11) is 0. The van der Waals surface area contributed by atoms with Gasteiger partial charge in [0.2, 0.25) is 0 Å². The van der Waals surface area contributed by atoms with E-state index in [1.807, 2.05) is 0 Å². The SMILES string of the molecule is c1ccc(-c2ccc(-c3ccc(N(c4ccc(-c5cccc6ccccc56)cc4)c4cccc(-c5ccc(-c6ccccc6)c6c5c5ccccc5n6-c5ccccc5)c4)cc3)cc2)cc1. The quantitative estimate of drug-likeness (QED) is 0.141. The second-order valence-electron chi connectivity index (χ2n) is 16.9. The lowest BCUT2D eigenvalue weighted by atomic mass is 9.94. The molecule has 1 aromatic heterocycles. The molecule has 0 radical (unpaired) electrons. The van der Waals surface area contributed by atoms with Crippen LogP contribution in [0.3, 0.4) is 0 Å². The zero-order valence-electron chi connectivity index (χ0n) is 36.3. The Kier molecular flexibility index (Phi) is 9.89. The second-order valence-corrected chi connectivity index (χ2v) is 16.9. The monoisotopic (exact) mass is 840 g/mol. The third kappa shape index (κ3) is 7.02. The van der Waals surface area contributed by atoms with Crippen LogP contribution in [0.4, 0.5) is 17.1 Å². The molecule has 0 saturated carbocycles. The van der Waals surface area contributed by atoms with Gasteiger partial charge >= 0.3 is 0 Å². The minimum atomic E-state index is 1.08. The third-order valence-corrected chi connectivity index (χ3v) is 13.0. The van der Waals surface area contributed by atoms with Gasteiger partial charge in [0.25, 0.3) is 0 Å². The van der Waals surface area contributed by atoms with Gasteiger partial charge in [0.1, 0.15) is 0 Å². The van der Waals surface area contributed by atoms with Gasteiger partial charge in [0.15, 0.2) is 0 Å². The normalized spacial score (nSPS) is 11.3. The molecule has 0 aliphatic rings. The number of hydrogen-bond acceptors (Lipinski definition) is 1. The van der Waals surface area contributed by atoms with Gasteiger partial charge in [-0.25, -0.2) is 0 Å². The molecule has 0 fully saturated rings. The lowest BCUT2D eigenvalue weighted by Crippen LogP contribution is -2.10. The fourth-order valence-corrected chi connectivity index (χ4v) is 9.85. The molecule has 0 aliphatic carbocycles. The average molecular weight is 841 g/mol. The lowest BCUT2D eigenvalue weighted by Gasteiger charge is -2.26. The summed E-state index contributed by atoms with van der Waals surface area (Å²) >= 11 is 0. The summed E-state index contributed by atoms with van der Waals surface area (Å²) in [4.78, 5) is 2.39. The second kappa shape index (κ2) is 16.8. The van der Waals surface area contributed by atoms with Crippen LogP contribution in [0, 0.1) is 0 Å². The van der Waals surface area contributed by atoms with Crippen molar-refractivity contribution in [3.63, 3.8) is 0 Å². The van der Waals surface area contributed by atoms with Crippen molar-refractivity contribution in [3.05, 3.63) is 267 Å². The van der Waals surface area contributed by atoms with Crippen molar-refractivity contribution in [2.45, 2.75) is 0 Å². The molecule has 66 heavy (non-hydrogen) atoms. The number of fused-ring (bicyclic) bond motifs is 4. The molecule has 0 N–H and O–H groups in total. The van der Waals surface area contributed by atoms with Gasteiger partial charge in [-0.05, 0) is 115 Å². The summed E-state index contributed by atoms with van der Waals surface area (Å²) in [6.45, 7) is 0. The van der Waals surface area contributed by atoms with Crippen LogP contribution in [-0.4, -0.2) is 4.57 Å². The molecular weight excluding hydrogens is 797 g/mol. The number of rotatable bonds is 9. The first-order valence-corrected chi connectivity index (χ1v) is 22.7. The van der Waals surface area contributed by atoms with Crippen LogP contribution >= 0.6 is 0 Å². The van der Waals surface area contributed by atoms with E-state index in [-0.39, 0.29) is 0 Å². The van der Waals surface area contributed by atoms with Gasteiger partial charge < -0.3 is 9.47 Å². The Morgan fingerprint density at radius 2 is 0.742 bits per heavy atom. The van der Waals surface area contributed by atoms with Crippen LogP contribution in [0.2, 0.25) is 0 Å². The van der Waals surface area contributed by atoms with Crippen LogP contribution in [0.25, 0.3) is 93.9 Å². The van der Waals surface area contributed by atoms with Crippen molar-refractivity contribution in [3.8, 4) is 61.3 Å². The summed E-state index contributed by atoms with van der Waals surface area (Å²) in [5.41, 5.74) is 18.7. The molecule has 0 atom stereocenters. The molecule has 0 saturated heterocycles. The van der Waals surface area contributed by atoms with Gasteiger partial charge in [0.05, 0.1) is 11.0 Å². The Bertz CT molecular complexity index is 3640. The minimum absolute atomic E-state index is 1.08. The van der Waals surface area contributed by atoms with E-state index in [9.17, 15) is 0 Å². The van der Waals surface area contributed by atoms with Crippen molar-refractivity contribution < 1.29 is 0 Å². The van der Waals surface area contributed by atoms with Crippen molar-refractivity contribution in [1.29, 1.82) is 0 Å². The number of aromatic nitrogens is 1. The zero-order chi connectivity index (χ0) is 43.8. The van der Waals surface area contributed by atoms with Crippen molar-refractivity contribution >= 4 is 49.6 Å². The van der Waals surface area contributed by atoms with E-state index in [2.05, 4.69) is 276 Å². The van der Waals surface area contributed by atoms with E-state index in [1.165, 1.54) is 82.6 Å². The molecule has 2 heteroatoms. The van der Waals surface area contributed by atoms with Crippen LogP contribution in [0.1, 0.15) is 0 Å². The highest BCUT2D eigenvalue weighted by Crippen LogP contribution is 2.45. The van der Waals surface area contributed by atoms with Crippen LogP contribution in [0.15, 0.2) is 267 Å². The van der Waals surface area contributed by atoms with Crippen LogP contribution < -0.4 is 4.90 Å². The van der Waals surface area contributed by atoms with E-state index in [0.717, 1.165) is 28.3 Å². The van der Waals surface area contributed by atoms with Gasteiger partial charge in [-0.3, -0.25) is 0 Å². The molecule has 0 amide bonds. The van der Waals surface area contributed by atoms with Crippen LogP contribution in [-0.2, 0) is 0 Å².